The van der Waals surface area contributed by atoms with Crippen LogP contribution in [0.1, 0.15) is 34.1 Å². The molecular weight excluding hydrogens is 264 g/mol. The Hall–Kier alpha value is -0.750. The van der Waals surface area contributed by atoms with Gasteiger partial charge in [0.05, 0.1) is 10.3 Å². The van der Waals surface area contributed by atoms with Crippen LogP contribution in [-0.4, -0.2) is 57.6 Å². The molecule has 0 aromatic heterocycles. The normalized spacial score (nSPS) is 22.8. The highest BCUT2D eigenvalue weighted by atomic mass is 32.2. The lowest BCUT2D eigenvalue weighted by atomic mass is 10.1. The molecular formula is C13H24N2O3S. The van der Waals surface area contributed by atoms with Gasteiger partial charge in [0.15, 0.2) is 0 Å². The Morgan fingerprint density at radius 2 is 2.16 bits per heavy atom. The quantitative estimate of drug-likeness (QED) is 0.795. The third-order valence-electron chi connectivity index (χ3n) is 3.20. The second kappa shape index (κ2) is 5.71. The largest absolute Gasteiger partial charge is 0.390 e. The number of carbonyl (C=O) groups is 2. The van der Waals surface area contributed by atoms with Crippen molar-refractivity contribution in [2.24, 2.45) is 0 Å². The van der Waals surface area contributed by atoms with Crippen LogP contribution in [0, 0.1) is 0 Å². The third-order valence-corrected chi connectivity index (χ3v) is 4.60. The summed E-state index contributed by atoms with van der Waals surface area (Å²) in [5.41, 5.74) is -0.791. The van der Waals surface area contributed by atoms with Gasteiger partial charge >= 0.3 is 0 Å². The number of rotatable bonds is 4. The number of amides is 2. The summed E-state index contributed by atoms with van der Waals surface area (Å²) >= 11 is 1.50. The van der Waals surface area contributed by atoms with E-state index in [-0.39, 0.29) is 11.8 Å². The van der Waals surface area contributed by atoms with Gasteiger partial charge in [0.2, 0.25) is 11.8 Å². The van der Waals surface area contributed by atoms with Gasteiger partial charge in [-0.25, -0.2) is 0 Å². The van der Waals surface area contributed by atoms with Crippen LogP contribution in [0.2, 0.25) is 0 Å². The molecule has 1 aliphatic heterocycles. The highest BCUT2D eigenvalue weighted by molar-refractivity contribution is 8.01. The number of aliphatic hydroxyl groups is 1. The Bertz CT molecular complexity index is 363. The molecule has 0 radical (unpaired) electrons. The number of hydrogen-bond acceptors (Lipinski definition) is 4. The van der Waals surface area contributed by atoms with Crippen LogP contribution in [0.5, 0.6) is 0 Å². The lowest BCUT2D eigenvalue weighted by Crippen LogP contribution is -2.57. The first-order valence-electron chi connectivity index (χ1n) is 6.45. The third kappa shape index (κ3) is 4.69. The molecule has 0 aliphatic carbocycles. The maximum atomic E-state index is 12.2. The Labute approximate surface area is 119 Å². The molecule has 1 atom stereocenters. The predicted molar refractivity (Wildman–Crippen MR) is 77.0 cm³/mol. The standard InChI is InChI=1S/C13H24N2O3S/c1-12(2,18)6-7-15(5)10(16)9-8-19-13(3,4)11(17)14-9/h9,18H,6-8H2,1-5H3,(H,14,17)/t9-/m0/s1. The van der Waals surface area contributed by atoms with E-state index in [1.807, 2.05) is 13.8 Å². The van der Waals surface area contributed by atoms with E-state index in [9.17, 15) is 14.7 Å². The van der Waals surface area contributed by atoms with E-state index in [0.29, 0.717) is 18.7 Å². The number of nitrogens with zero attached hydrogens (tertiary/aromatic N) is 1. The second-order valence-corrected chi connectivity index (χ2v) is 7.81. The zero-order valence-corrected chi connectivity index (χ0v) is 13.1. The van der Waals surface area contributed by atoms with Crippen molar-refractivity contribution in [3.63, 3.8) is 0 Å². The fraction of sp³-hybridized carbons (Fsp3) is 0.846. The fourth-order valence-electron chi connectivity index (χ4n) is 1.68. The molecule has 0 unspecified atom stereocenters. The summed E-state index contributed by atoms with van der Waals surface area (Å²) in [5.74, 6) is 0.392. The summed E-state index contributed by atoms with van der Waals surface area (Å²) < 4.78 is -0.470. The molecule has 0 bridgehead atoms. The molecule has 6 heteroatoms. The van der Waals surface area contributed by atoms with Crippen molar-refractivity contribution in [3.05, 3.63) is 0 Å². The lowest BCUT2D eigenvalue weighted by Gasteiger charge is -2.35. The summed E-state index contributed by atoms with van der Waals surface area (Å²) in [6.07, 6.45) is 0.508. The van der Waals surface area contributed by atoms with Gasteiger partial charge in [-0.15, -0.1) is 11.8 Å². The van der Waals surface area contributed by atoms with Crippen molar-refractivity contribution in [3.8, 4) is 0 Å². The maximum absolute atomic E-state index is 12.2. The molecule has 110 valence electrons. The van der Waals surface area contributed by atoms with Crippen molar-refractivity contribution < 1.29 is 14.7 Å². The summed E-state index contributed by atoms with van der Waals surface area (Å²) in [7, 11) is 1.70. The summed E-state index contributed by atoms with van der Waals surface area (Å²) in [6.45, 7) is 7.61. The van der Waals surface area contributed by atoms with Gasteiger partial charge < -0.3 is 15.3 Å². The molecule has 2 amide bonds. The highest BCUT2D eigenvalue weighted by Crippen LogP contribution is 2.29. The van der Waals surface area contributed by atoms with Gasteiger partial charge in [-0.1, -0.05) is 0 Å². The van der Waals surface area contributed by atoms with Crippen molar-refractivity contribution in [1.82, 2.24) is 10.2 Å². The Balaban J connectivity index is 2.52. The average molecular weight is 288 g/mol. The van der Waals surface area contributed by atoms with E-state index < -0.39 is 16.4 Å². The van der Waals surface area contributed by atoms with Crippen LogP contribution < -0.4 is 5.32 Å². The maximum Gasteiger partial charge on any atom is 0.245 e. The first kappa shape index (κ1) is 16.3. The first-order chi connectivity index (χ1) is 8.53. The van der Waals surface area contributed by atoms with Gasteiger partial charge in [0.25, 0.3) is 0 Å². The summed E-state index contributed by atoms with van der Waals surface area (Å²) in [6, 6.07) is -0.461. The van der Waals surface area contributed by atoms with Gasteiger partial charge in [-0.2, -0.15) is 0 Å². The van der Waals surface area contributed by atoms with Gasteiger partial charge in [-0.3, -0.25) is 9.59 Å². The Kier molecular flexibility index (Phi) is 4.90. The van der Waals surface area contributed by atoms with E-state index in [1.165, 1.54) is 11.8 Å². The molecule has 1 saturated heterocycles. The van der Waals surface area contributed by atoms with E-state index in [0.717, 1.165) is 0 Å². The van der Waals surface area contributed by atoms with E-state index in [4.69, 9.17) is 0 Å². The summed E-state index contributed by atoms with van der Waals surface area (Å²) in [5, 5.41) is 12.4. The zero-order chi connectivity index (χ0) is 14.8. The van der Waals surface area contributed by atoms with Crippen molar-refractivity contribution in [2.45, 2.75) is 50.5 Å². The number of carbonyl (C=O) groups excluding carboxylic acids is 2. The van der Waals surface area contributed by atoms with Crippen LogP contribution in [-0.2, 0) is 9.59 Å². The molecule has 1 aliphatic rings. The van der Waals surface area contributed by atoms with E-state index in [2.05, 4.69) is 5.32 Å². The topological polar surface area (TPSA) is 69.6 Å². The minimum atomic E-state index is -0.791. The van der Waals surface area contributed by atoms with Crippen LogP contribution in [0.4, 0.5) is 0 Å². The van der Waals surface area contributed by atoms with Crippen LogP contribution in [0.25, 0.3) is 0 Å². The number of nitrogens with one attached hydrogen (secondary N) is 1. The lowest BCUT2D eigenvalue weighted by molar-refractivity contribution is -0.136. The highest BCUT2D eigenvalue weighted by Gasteiger charge is 2.38. The summed E-state index contributed by atoms with van der Waals surface area (Å²) in [4.78, 5) is 25.6. The molecule has 0 spiro atoms. The minimum Gasteiger partial charge on any atom is -0.390 e. The number of thioether (sulfide) groups is 1. The second-order valence-electron chi connectivity index (χ2n) is 6.17. The van der Waals surface area contributed by atoms with Crippen LogP contribution in [0.3, 0.4) is 0 Å². The Morgan fingerprint density at radius 3 is 2.63 bits per heavy atom. The predicted octanol–water partition coefficient (Wildman–Crippen LogP) is 0.616. The molecule has 19 heavy (non-hydrogen) atoms. The van der Waals surface area contributed by atoms with Gasteiger partial charge in [-0.05, 0) is 34.1 Å². The molecule has 0 aromatic rings. The van der Waals surface area contributed by atoms with Crippen LogP contribution in [0.15, 0.2) is 0 Å². The monoisotopic (exact) mass is 288 g/mol. The average Bonchev–Trinajstić information content (AvgIpc) is 2.27. The van der Waals surface area contributed by atoms with Crippen molar-refractivity contribution in [2.75, 3.05) is 19.3 Å². The van der Waals surface area contributed by atoms with Crippen molar-refractivity contribution >= 4 is 23.6 Å². The van der Waals surface area contributed by atoms with Gasteiger partial charge in [0.1, 0.15) is 6.04 Å². The number of likely N-dealkylation sites (N-methyl/N-ethyl adjacent to an activating group) is 1. The number of hydrogen-bond donors (Lipinski definition) is 2. The molecule has 0 aromatic carbocycles. The Morgan fingerprint density at radius 1 is 1.58 bits per heavy atom. The molecule has 1 rings (SSSR count). The molecule has 1 heterocycles. The SMILES string of the molecule is CN(CCC(C)(C)O)C(=O)[C@@H]1CSC(C)(C)C(=O)N1. The first-order valence-corrected chi connectivity index (χ1v) is 7.44. The molecule has 2 N–H and O–H groups in total. The van der Waals surface area contributed by atoms with E-state index in [1.54, 1.807) is 25.8 Å². The fourth-order valence-corrected chi connectivity index (χ4v) is 2.68. The molecule has 0 saturated carbocycles. The molecule has 1 fully saturated rings. The van der Waals surface area contributed by atoms with Crippen molar-refractivity contribution in [1.29, 1.82) is 0 Å². The molecule has 5 nitrogen and oxygen atoms in total. The zero-order valence-electron chi connectivity index (χ0n) is 12.3. The van der Waals surface area contributed by atoms with E-state index >= 15 is 0 Å². The minimum absolute atomic E-state index is 0.0967. The smallest absolute Gasteiger partial charge is 0.245 e. The van der Waals surface area contributed by atoms with Gasteiger partial charge in [0, 0.05) is 19.3 Å². The van der Waals surface area contributed by atoms with Crippen LogP contribution >= 0.6 is 11.8 Å².